The van der Waals surface area contributed by atoms with Gasteiger partial charge in [-0.3, -0.25) is 4.79 Å². The van der Waals surface area contributed by atoms with Crippen LogP contribution in [-0.2, 0) is 9.53 Å². The molecule has 0 saturated carbocycles. The largest absolute Gasteiger partial charge is 0.464 e. The van der Waals surface area contributed by atoms with Crippen LogP contribution in [0.5, 0.6) is 0 Å². The van der Waals surface area contributed by atoms with Gasteiger partial charge in [0.15, 0.2) is 0 Å². The summed E-state index contributed by atoms with van der Waals surface area (Å²) in [6.45, 7) is 0.643. The molecule has 0 unspecified atom stereocenters. The molecule has 4 heteroatoms. The van der Waals surface area contributed by atoms with Crippen LogP contribution in [0.4, 0.5) is 0 Å². The first kappa shape index (κ1) is 15.5. The highest BCUT2D eigenvalue weighted by molar-refractivity contribution is 5.85. The van der Waals surface area contributed by atoms with Gasteiger partial charge in [-0.15, -0.1) is 12.4 Å². The fourth-order valence-electron chi connectivity index (χ4n) is 2.81. The van der Waals surface area contributed by atoms with Crippen molar-refractivity contribution in [3.63, 3.8) is 0 Å². The van der Waals surface area contributed by atoms with E-state index < -0.39 is 0 Å². The highest BCUT2D eigenvalue weighted by Gasteiger charge is 2.28. The Morgan fingerprint density at radius 2 is 1.57 bits per heavy atom. The van der Waals surface area contributed by atoms with Crippen LogP contribution in [0.1, 0.15) is 17.0 Å². The van der Waals surface area contributed by atoms with Crippen LogP contribution in [-0.4, -0.2) is 26.2 Å². The maximum absolute atomic E-state index is 11.5. The van der Waals surface area contributed by atoms with E-state index in [2.05, 4.69) is 29.6 Å². The van der Waals surface area contributed by atoms with E-state index in [9.17, 15) is 4.79 Å². The van der Waals surface area contributed by atoms with Crippen LogP contribution in [0, 0.1) is 0 Å². The summed E-state index contributed by atoms with van der Waals surface area (Å²) in [4.78, 5) is 11.5. The Balaban J connectivity index is 0.00000161. The number of hydrogen-bond acceptors (Lipinski definition) is 3. The summed E-state index contributed by atoms with van der Waals surface area (Å²) in [6.07, 6.45) is 0. The van der Waals surface area contributed by atoms with Crippen molar-refractivity contribution >= 4 is 18.4 Å². The van der Waals surface area contributed by atoms with E-state index in [0.29, 0.717) is 6.61 Å². The number of halogens is 1. The van der Waals surface area contributed by atoms with Gasteiger partial charge in [-0.1, -0.05) is 48.5 Å². The molecule has 0 bridgehead atoms. The van der Waals surface area contributed by atoms with Gasteiger partial charge < -0.3 is 10.1 Å². The van der Waals surface area contributed by atoms with Gasteiger partial charge in [-0.05, 0) is 29.3 Å². The van der Waals surface area contributed by atoms with Gasteiger partial charge in [0.25, 0.3) is 0 Å². The first-order valence-corrected chi connectivity index (χ1v) is 6.79. The van der Waals surface area contributed by atoms with Crippen LogP contribution in [0.2, 0.25) is 0 Å². The molecule has 21 heavy (non-hydrogen) atoms. The lowest BCUT2D eigenvalue weighted by molar-refractivity contribution is -0.142. The molecule has 1 N–H and O–H groups in total. The van der Waals surface area contributed by atoms with Crippen molar-refractivity contribution in [2.24, 2.45) is 0 Å². The standard InChI is InChI=1S/C17H17NO2.ClH/c1-18-10-17(19)20-11-16-14-8-4-2-6-12(14)13-7-3-5-9-15(13)16;/h2-9,16,18H,10-11H2,1H3;1H. The van der Waals surface area contributed by atoms with Gasteiger partial charge >= 0.3 is 5.97 Å². The number of fused-ring (bicyclic) bond motifs is 3. The molecular formula is C17H18ClNO2. The predicted molar refractivity (Wildman–Crippen MR) is 85.9 cm³/mol. The van der Waals surface area contributed by atoms with Crippen molar-refractivity contribution in [3.05, 3.63) is 59.7 Å². The Morgan fingerprint density at radius 1 is 1.05 bits per heavy atom. The van der Waals surface area contributed by atoms with Crippen molar-refractivity contribution in [1.29, 1.82) is 0 Å². The number of rotatable bonds is 4. The molecule has 0 amide bonds. The molecule has 2 aromatic carbocycles. The lowest BCUT2D eigenvalue weighted by Gasteiger charge is -2.14. The zero-order valence-corrected chi connectivity index (χ0v) is 12.7. The van der Waals surface area contributed by atoms with Gasteiger partial charge in [-0.2, -0.15) is 0 Å². The van der Waals surface area contributed by atoms with Crippen LogP contribution < -0.4 is 5.32 Å². The molecule has 1 aliphatic carbocycles. The number of nitrogens with one attached hydrogen (secondary N) is 1. The molecule has 0 fully saturated rings. The fourth-order valence-corrected chi connectivity index (χ4v) is 2.81. The lowest BCUT2D eigenvalue weighted by atomic mass is 9.98. The van der Waals surface area contributed by atoms with Gasteiger partial charge in [0.2, 0.25) is 0 Å². The average Bonchev–Trinajstić information content (AvgIpc) is 2.80. The zero-order valence-electron chi connectivity index (χ0n) is 11.8. The number of ether oxygens (including phenoxy) is 1. The molecule has 0 heterocycles. The van der Waals surface area contributed by atoms with Gasteiger partial charge in [0.05, 0.1) is 6.54 Å². The van der Waals surface area contributed by atoms with E-state index in [1.807, 2.05) is 24.3 Å². The molecule has 0 aromatic heterocycles. The third-order valence-electron chi connectivity index (χ3n) is 3.69. The number of carbonyl (C=O) groups is 1. The Hall–Kier alpha value is -1.84. The molecule has 0 spiro atoms. The first-order chi connectivity index (χ1) is 9.81. The number of esters is 1. The summed E-state index contributed by atoms with van der Waals surface area (Å²) in [6, 6.07) is 16.7. The van der Waals surface area contributed by atoms with E-state index in [1.165, 1.54) is 22.3 Å². The van der Waals surface area contributed by atoms with E-state index in [1.54, 1.807) is 7.05 Å². The maximum Gasteiger partial charge on any atom is 0.319 e. The normalized spacial score (nSPS) is 12.2. The van der Waals surface area contributed by atoms with E-state index >= 15 is 0 Å². The predicted octanol–water partition coefficient (Wildman–Crippen LogP) is 2.98. The quantitative estimate of drug-likeness (QED) is 0.883. The van der Waals surface area contributed by atoms with Crippen molar-refractivity contribution in [2.75, 3.05) is 20.2 Å². The monoisotopic (exact) mass is 303 g/mol. The van der Waals surface area contributed by atoms with Crippen LogP contribution in [0.15, 0.2) is 48.5 Å². The van der Waals surface area contributed by atoms with Gasteiger partial charge in [0, 0.05) is 5.92 Å². The number of likely N-dealkylation sites (N-methyl/N-ethyl adjacent to an activating group) is 1. The maximum atomic E-state index is 11.5. The SMILES string of the molecule is CNCC(=O)OCC1c2ccccc2-c2ccccc21.Cl. The summed E-state index contributed by atoms with van der Waals surface area (Å²) in [5.74, 6) is -0.0717. The Bertz CT molecular complexity index is 597. The lowest BCUT2D eigenvalue weighted by Crippen LogP contribution is -2.22. The van der Waals surface area contributed by atoms with E-state index in [4.69, 9.17) is 4.74 Å². The summed E-state index contributed by atoms with van der Waals surface area (Å²) in [7, 11) is 1.74. The topological polar surface area (TPSA) is 38.3 Å². The molecule has 3 rings (SSSR count). The van der Waals surface area contributed by atoms with Crippen molar-refractivity contribution in [3.8, 4) is 11.1 Å². The number of benzene rings is 2. The molecule has 3 nitrogen and oxygen atoms in total. The summed E-state index contributed by atoms with van der Waals surface area (Å²) in [5, 5.41) is 2.81. The van der Waals surface area contributed by atoms with Gasteiger partial charge in [-0.25, -0.2) is 0 Å². The van der Waals surface area contributed by atoms with Gasteiger partial charge in [0.1, 0.15) is 6.61 Å². The Kier molecular flexibility index (Phi) is 4.99. The minimum atomic E-state index is -0.214. The van der Waals surface area contributed by atoms with Crippen molar-refractivity contribution in [1.82, 2.24) is 5.32 Å². The van der Waals surface area contributed by atoms with Crippen LogP contribution in [0.25, 0.3) is 11.1 Å². The zero-order chi connectivity index (χ0) is 13.9. The number of carbonyl (C=O) groups excluding carboxylic acids is 1. The van der Waals surface area contributed by atoms with Crippen LogP contribution in [0.3, 0.4) is 0 Å². The molecule has 0 atom stereocenters. The molecule has 0 saturated heterocycles. The molecule has 0 radical (unpaired) electrons. The summed E-state index contributed by atoms with van der Waals surface area (Å²) < 4.78 is 5.38. The second-order valence-electron chi connectivity index (χ2n) is 4.94. The number of hydrogen-bond donors (Lipinski definition) is 1. The molecule has 110 valence electrons. The third kappa shape index (κ3) is 2.94. The van der Waals surface area contributed by atoms with E-state index in [0.717, 1.165) is 0 Å². The van der Waals surface area contributed by atoms with Crippen LogP contribution >= 0.6 is 12.4 Å². The van der Waals surface area contributed by atoms with Crippen molar-refractivity contribution < 1.29 is 9.53 Å². The molecule has 0 aliphatic heterocycles. The molecule has 1 aliphatic rings. The van der Waals surface area contributed by atoms with E-state index in [-0.39, 0.29) is 30.8 Å². The minimum Gasteiger partial charge on any atom is -0.464 e. The highest BCUT2D eigenvalue weighted by atomic mass is 35.5. The first-order valence-electron chi connectivity index (χ1n) is 6.79. The second-order valence-corrected chi connectivity index (χ2v) is 4.94. The highest BCUT2D eigenvalue weighted by Crippen LogP contribution is 2.44. The second kappa shape index (κ2) is 6.74. The molecular weight excluding hydrogens is 286 g/mol. The smallest absolute Gasteiger partial charge is 0.319 e. The van der Waals surface area contributed by atoms with Crippen molar-refractivity contribution in [2.45, 2.75) is 5.92 Å². The molecule has 2 aromatic rings. The minimum absolute atomic E-state index is 0. The third-order valence-corrected chi connectivity index (χ3v) is 3.69. The summed E-state index contributed by atoms with van der Waals surface area (Å²) in [5.41, 5.74) is 4.98. The average molecular weight is 304 g/mol. The summed E-state index contributed by atoms with van der Waals surface area (Å²) >= 11 is 0. The Labute approximate surface area is 130 Å². The Morgan fingerprint density at radius 3 is 2.10 bits per heavy atom. The fraction of sp³-hybridized carbons (Fsp3) is 0.235.